The first kappa shape index (κ1) is 20.8. The molecule has 1 heterocycles. The van der Waals surface area contributed by atoms with Crippen LogP contribution in [0.5, 0.6) is 0 Å². The molecule has 0 saturated heterocycles. The lowest BCUT2D eigenvalue weighted by molar-refractivity contribution is -0.420. The van der Waals surface area contributed by atoms with Crippen LogP contribution in [-0.4, -0.2) is 14.5 Å². The van der Waals surface area contributed by atoms with Crippen LogP contribution < -0.4 is 0 Å². The number of nitro groups is 1. The highest BCUT2D eigenvalue weighted by Crippen LogP contribution is 2.32. The predicted molar refractivity (Wildman–Crippen MR) is 125 cm³/mol. The fourth-order valence-corrected chi connectivity index (χ4v) is 4.21. The van der Waals surface area contributed by atoms with Crippen LogP contribution >= 0.6 is 0 Å². The number of allylic oxidation sites excluding steroid dienone is 8. The Hall–Kier alpha value is -3.47. The molecule has 0 fully saturated rings. The highest BCUT2D eigenvalue weighted by Gasteiger charge is 2.22. The van der Waals surface area contributed by atoms with Crippen LogP contribution in [0.3, 0.4) is 0 Å². The van der Waals surface area contributed by atoms with Gasteiger partial charge < -0.3 is 0 Å². The Kier molecular flexibility index (Phi) is 6.12. The van der Waals surface area contributed by atoms with Crippen LogP contribution in [0.1, 0.15) is 56.7 Å². The lowest BCUT2D eigenvalue weighted by Crippen LogP contribution is -2.06. The Morgan fingerprint density at radius 3 is 2.61 bits per heavy atom. The van der Waals surface area contributed by atoms with Crippen LogP contribution in [0.15, 0.2) is 77.6 Å². The third-order valence-electron chi connectivity index (χ3n) is 5.76. The summed E-state index contributed by atoms with van der Waals surface area (Å²) in [6.45, 7) is 4.07. The van der Waals surface area contributed by atoms with E-state index in [1.807, 2.05) is 31.2 Å². The zero-order valence-corrected chi connectivity index (χ0v) is 18.0. The van der Waals surface area contributed by atoms with Gasteiger partial charge in [-0.2, -0.15) is 0 Å². The second-order valence-electron chi connectivity index (χ2n) is 7.82. The normalized spacial score (nSPS) is 16.6. The van der Waals surface area contributed by atoms with E-state index in [1.165, 1.54) is 0 Å². The zero-order chi connectivity index (χ0) is 21.8. The van der Waals surface area contributed by atoms with Crippen molar-refractivity contribution >= 4 is 11.6 Å². The molecule has 2 aliphatic carbocycles. The summed E-state index contributed by atoms with van der Waals surface area (Å²) in [6.07, 6.45) is 16.5. The van der Waals surface area contributed by atoms with Crippen molar-refractivity contribution < 1.29 is 4.92 Å². The maximum absolute atomic E-state index is 11.6. The van der Waals surface area contributed by atoms with Crippen molar-refractivity contribution in [2.75, 3.05) is 0 Å². The zero-order valence-electron chi connectivity index (χ0n) is 18.0. The van der Waals surface area contributed by atoms with Crippen LogP contribution in [0.4, 0.5) is 0 Å². The number of hydrogen-bond donors (Lipinski definition) is 0. The first-order valence-corrected chi connectivity index (χ1v) is 10.9. The number of aromatic nitrogens is 2. The van der Waals surface area contributed by atoms with E-state index in [0.717, 1.165) is 65.3 Å². The summed E-state index contributed by atoms with van der Waals surface area (Å²) < 4.78 is 2.19. The van der Waals surface area contributed by atoms with E-state index in [-0.39, 0.29) is 10.6 Å². The van der Waals surface area contributed by atoms with Crippen molar-refractivity contribution in [3.8, 4) is 5.69 Å². The molecule has 0 unspecified atom stereocenters. The van der Waals surface area contributed by atoms with E-state index < -0.39 is 0 Å². The molecule has 158 valence electrons. The minimum atomic E-state index is -0.277. The fourth-order valence-electron chi connectivity index (χ4n) is 4.21. The molecule has 0 N–H and O–H groups in total. The molecule has 0 atom stereocenters. The van der Waals surface area contributed by atoms with Gasteiger partial charge in [-0.15, -0.1) is 0 Å². The van der Waals surface area contributed by atoms with Crippen molar-refractivity contribution in [2.45, 2.75) is 46.0 Å². The highest BCUT2D eigenvalue weighted by molar-refractivity contribution is 5.74. The molecule has 1 aromatic carbocycles. The number of hydrogen-bond acceptors (Lipinski definition) is 3. The van der Waals surface area contributed by atoms with E-state index in [4.69, 9.17) is 4.98 Å². The van der Waals surface area contributed by atoms with Crippen molar-refractivity contribution in [3.05, 3.63) is 105 Å². The van der Waals surface area contributed by atoms with Gasteiger partial charge in [0, 0.05) is 22.9 Å². The third kappa shape index (κ3) is 4.22. The average molecular weight is 414 g/mol. The number of rotatable bonds is 6. The number of nitrogens with zero attached hydrogens (tertiary/aromatic N) is 3. The molecule has 0 radical (unpaired) electrons. The quantitative estimate of drug-likeness (QED) is 0.404. The number of benzene rings is 1. The Balaban J connectivity index is 1.93. The van der Waals surface area contributed by atoms with Gasteiger partial charge in [-0.25, -0.2) is 4.98 Å². The van der Waals surface area contributed by atoms with Gasteiger partial charge in [-0.1, -0.05) is 49.4 Å². The number of para-hydroxylation sites is 1. The van der Waals surface area contributed by atoms with Gasteiger partial charge >= 0.3 is 0 Å². The Bertz CT molecular complexity index is 1140. The lowest BCUT2D eigenvalue weighted by Gasteiger charge is -2.15. The Labute approximate surface area is 183 Å². The first-order valence-electron chi connectivity index (χ1n) is 10.9. The summed E-state index contributed by atoms with van der Waals surface area (Å²) in [7, 11) is 0. The maximum Gasteiger partial charge on any atom is 0.272 e. The van der Waals surface area contributed by atoms with E-state index in [1.54, 1.807) is 6.08 Å². The van der Waals surface area contributed by atoms with Crippen LogP contribution in [0.25, 0.3) is 17.3 Å². The molecule has 0 spiro atoms. The van der Waals surface area contributed by atoms with Crippen molar-refractivity contribution in [2.24, 2.45) is 0 Å². The molecule has 2 aliphatic rings. The van der Waals surface area contributed by atoms with E-state index in [2.05, 4.69) is 47.9 Å². The molecule has 31 heavy (non-hydrogen) atoms. The molecular formula is C26H27N3O2. The maximum atomic E-state index is 11.6. The highest BCUT2D eigenvalue weighted by atomic mass is 16.6. The molecule has 1 aromatic heterocycles. The number of imidazole rings is 1. The summed E-state index contributed by atoms with van der Waals surface area (Å²) in [6, 6.07) is 10.2. The second kappa shape index (κ2) is 9.13. The van der Waals surface area contributed by atoms with Gasteiger partial charge in [0.15, 0.2) is 0 Å². The lowest BCUT2D eigenvalue weighted by atomic mass is 9.95. The molecule has 2 aromatic rings. The van der Waals surface area contributed by atoms with Crippen molar-refractivity contribution in [1.82, 2.24) is 9.55 Å². The molecule has 5 nitrogen and oxygen atoms in total. The topological polar surface area (TPSA) is 61.0 Å². The molecule has 0 aliphatic heterocycles. The van der Waals surface area contributed by atoms with Gasteiger partial charge in [-0.3, -0.25) is 14.7 Å². The Morgan fingerprint density at radius 1 is 1.16 bits per heavy atom. The van der Waals surface area contributed by atoms with Crippen LogP contribution in [0.2, 0.25) is 0 Å². The van der Waals surface area contributed by atoms with Crippen LogP contribution in [-0.2, 0) is 6.42 Å². The summed E-state index contributed by atoms with van der Waals surface area (Å²) in [4.78, 5) is 16.3. The predicted octanol–water partition coefficient (Wildman–Crippen LogP) is 6.45. The average Bonchev–Trinajstić information content (AvgIpc) is 3.18. The summed E-state index contributed by atoms with van der Waals surface area (Å²) in [5.74, 6) is 0.921. The molecule has 0 amide bonds. The number of aryl methyl sites for hydroxylation is 1. The van der Waals surface area contributed by atoms with E-state index in [9.17, 15) is 10.1 Å². The minimum absolute atomic E-state index is 0.196. The monoisotopic (exact) mass is 413 g/mol. The molecule has 0 bridgehead atoms. The molecule has 0 saturated carbocycles. The van der Waals surface area contributed by atoms with Gasteiger partial charge in [-0.05, 0) is 62.8 Å². The van der Waals surface area contributed by atoms with Crippen LogP contribution in [0, 0.1) is 10.1 Å². The Morgan fingerprint density at radius 2 is 1.94 bits per heavy atom. The summed E-state index contributed by atoms with van der Waals surface area (Å²) >= 11 is 0. The van der Waals surface area contributed by atoms with Gasteiger partial charge in [0.2, 0.25) is 0 Å². The van der Waals surface area contributed by atoms with Gasteiger partial charge in [0.25, 0.3) is 5.70 Å². The second-order valence-corrected chi connectivity index (χ2v) is 7.82. The molecule has 5 heteroatoms. The van der Waals surface area contributed by atoms with Gasteiger partial charge in [0.1, 0.15) is 5.82 Å². The summed E-state index contributed by atoms with van der Waals surface area (Å²) in [5, 5.41) is 11.6. The smallest absolute Gasteiger partial charge is 0.272 e. The van der Waals surface area contributed by atoms with Crippen molar-refractivity contribution in [1.29, 1.82) is 0 Å². The largest absolute Gasteiger partial charge is 0.293 e. The van der Waals surface area contributed by atoms with Crippen molar-refractivity contribution in [3.63, 3.8) is 0 Å². The SMILES string of the molecule is CCc1nc(C2=CCCC=C2)n(-c2ccccc2)c1/C=C(\C)C1=C([N+](=O)[O-])C=CCC1. The third-order valence-corrected chi connectivity index (χ3v) is 5.76. The minimum Gasteiger partial charge on any atom is -0.293 e. The standard InChI is InChI=1S/C26H27N3O2/c1-3-23-25(18-19(2)22-16-10-11-17-24(22)29(30)31)28(21-14-8-5-9-15-21)26(27-23)20-12-6-4-7-13-20/h5-6,8-9,11-15,17-18H,3-4,7,10,16H2,1-2H3/b19-18+. The van der Waals surface area contributed by atoms with E-state index >= 15 is 0 Å². The summed E-state index contributed by atoms with van der Waals surface area (Å²) in [5.41, 5.74) is 6.06. The first-order chi connectivity index (χ1) is 15.1. The van der Waals surface area contributed by atoms with Gasteiger partial charge in [0.05, 0.1) is 16.3 Å². The van der Waals surface area contributed by atoms with E-state index in [0.29, 0.717) is 6.42 Å². The molecular weight excluding hydrogens is 386 g/mol. The molecule has 4 rings (SSSR count). The fraction of sp³-hybridized carbons (Fsp3) is 0.269.